The Kier molecular flexibility index (Phi) is 3.19. The van der Waals surface area contributed by atoms with E-state index in [9.17, 15) is 0 Å². The van der Waals surface area contributed by atoms with Crippen molar-refractivity contribution in [2.75, 3.05) is 20.1 Å². The lowest BCUT2D eigenvalue weighted by Crippen LogP contribution is -2.32. The Bertz CT molecular complexity index is 148. The molecular formula is C10H21N3. The molecule has 1 heterocycles. The van der Waals surface area contributed by atoms with Gasteiger partial charge in [-0.2, -0.15) is 0 Å². The maximum absolute atomic E-state index is 3.15. The summed E-state index contributed by atoms with van der Waals surface area (Å²) in [7, 11) is 1.93. The van der Waals surface area contributed by atoms with Gasteiger partial charge in [-0.1, -0.05) is 19.3 Å². The molecule has 1 aliphatic heterocycles. The van der Waals surface area contributed by atoms with E-state index >= 15 is 0 Å². The Hall–Kier alpha value is -0.120. The SMILES string of the molecule is CNNCCN1C2CCCCCC21. The molecule has 0 aromatic carbocycles. The van der Waals surface area contributed by atoms with Crippen LogP contribution in [-0.4, -0.2) is 37.1 Å². The molecule has 2 atom stereocenters. The molecule has 0 aromatic heterocycles. The summed E-state index contributed by atoms with van der Waals surface area (Å²) < 4.78 is 0. The van der Waals surface area contributed by atoms with E-state index in [-0.39, 0.29) is 0 Å². The van der Waals surface area contributed by atoms with Crippen molar-refractivity contribution in [3.05, 3.63) is 0 Å². The van der Waals surface area contributed by atoms with Gasteiger partial charge in [-0.05, 0) is 19.9 Å². The minimum absolute atomic E-state index is 0.946. The first-order valence-electron chi connectivity index (χ1n) is 5.59. The van der Waals surface area contributed by atoms with E-state index in [0.717, 1.165) is 18.6 Å². The molecule has 0 bridgehead atoms. The van der Waals surface area contributed by atoms with Gasteiger partial charge in [0.25, 0.3) is 0 Å². The lowest BCUT2D eigenvalue weighted by Gasteiger charge is -2.06. The van der Waals surface area contributed by atoms with E-state index in [1.807, 2.05) is 7.05 Å². The third-order valence-corrected chi connectivity index (χ3v) is 3.38. The highest BCUT2D eigenvalue weighted by molar-refractivity contribution is 5.02. The van der Waals surface area contributed by atoms with E-state index in [4.69, 9.17) is 0 Å². The summed E-state index contributed by atoms with van der Waals surface area (Å²) in [4.78, 5) is 2.66. The molecule has 1 saturated heterocycles. The molecule has 76 valence electrons. The summed E-state index contributed by atoms with van der Waals surface area (Å²) in [5.41, 5.74) is 6.12. The molecule has 0 radical (unpaired) electrons. The summed E-state index contributed by atoms with van der Waals surface area (Å²) in [6.45, 7) is 2.29. The van der Waals surface area contributed by atoms with Gasteiger partial charge in [0.15, 0.2) is 0 Å². The molecule has 0 spiro atoms. The number of likely N-dealkylation sites (tertiary alicyclic amines) is 1. The molecule has 1 saturated carbocycles. The molecule has 2 fully saturated rings. The zero-order valence-electron chi connectivity index (χ0n) is 8.55. The van der Waals surface area contributed by atoms with E-state index in [0.29, 0.717) is 0 Å². The van der Waals surface area contributed by atoms with Crippen molar-refractivity contribution in [2.24, 2.45) is 0 Å². The van der Waals surface area contributed by atoms with Gasteiger partial charge in [0.05, 0.1) is 0 Å². The van der Waals surface area contributed by atoms with Crippen LogP contribution in [0.4, 0.5) is 0 Å². The Balaban J connectivity index is 1.66. The predicted molar refractivity (Wildman–Crippen MR) is 54.4 cm³/mol. The molecule has 3 nitrogen and oxygen atoms in total. The Morgan fingerprint density at radius 3 is 2.46 bits per heavy atom. The Labute approximate surface area is 80.8 Å². The molecule has 2 rings (SSSR count). The number of nitrogens with one attached hydrogen (secondary N) is 2. The molecule has 13 heavy (non-hydrogen) atoms. The average Bonchev–Trinajstić information content (AvgIpc) is 2.82. The number of nitrogens with zero attached hydrogens (tertiary/aromatic N) is 1. The third-order valence-electron chi connectivity index (χ3n) is 3.38. The van der Waals surface area contributed by atoms with Gasteiger partial charge in [-0.3, -0.25) is 15.8 Å². The standard InChI is InChI=1S/C10H21N3/c1-11-12-7-8-13-9-5-3-2-4-6-10(9)13/h9-12H,2-8H2,1H3. The topological polar surface area (TPSA) is 27.1 Å². The number of rotatable bonds is 4. The smallest absolute Gasteiger partial charge is 0.0255 e. The first-order chi connectivity index (χ1) is 6.43. The highest BCUT2D eigenvalue weighted by Crippen LogP contribution is 2.38. The molecule has 0 aromatic rings. The van der Waals surface area contributed by atoms with Gasteiger partial charge < -0.3 is 0 Å². The molecule has 2 aliphatic rings. The van der Waals surface area contributed by atoms with Crippen LogP contribution >= 0.6 is 0 Å². The van der Waals surface area contributed by atoms with Crippen LogP contribution in [0, 0.1) is 0 Å². The fourth-order valence-corrected chi connectivity index (χ4v) is 2.63. The maximum Gasteiger partial charge on any atom is 0.0255 e. The van der Waals surface area contributed by atoms with Crippen molar-refractivity contribution >= 4 is 0 Å². The van der Waals surface area contributed by atoms with Crippen LogP contribution in [0.3, 0.4) is 0 Å². The lowest BCUT2D eigenvalue weighted by atomic mass is 10.2. The van der Waals surface area contributed by atoms with Gasteiger partial charge in [-0.25, -0.2) is 0 Å². The zero-order chi connectivity index (χ0) is 9.10. The minimum atomic E-state index is 0.946. The van der Waals surface area contributed by atoms with Crippen LogP contribution < -0.4 is 10.9 Å². The second kappa shape index (κ2) is 4.40. The summed E-state index contributed by atoms with van der Waals surface area (Å²) in [5, 5.41) is 0. The zero-order valence-corrected chi connectivity index (χ0v) is 8.55. The van der Waals surface area contributed by atoms with Gasteiger partial charge in [0, 0.05) is 25.2 Å². The normalized spacial score (nSPS) is 38.1. The largest absolute Gasteiger partial charge is 0.293 e. The van der Waals surface area contributed by atoms with Crippen LogP contribution in [0.5, 0.6) is 0 Å². The summed E-state index contributed by atoms with van der Waals surface area (Å²) in [6.07, 6.45) is 7.28. The van der Waals surface area contributed by atoms with Gasteiger partial charge in [0.1, 0.15) is 0 Å². The fourth-order valence-electron chi connectivity index (χ4n) is 2.63. The highest BCUT2D eigenvalue weighted by Gasteiger charge is 2.46. The van der Waals surface area contributed by atoms with Crippen LogP contribution in [-0.2, 0) is 0 Å². The van der Waals surface area contributed by atoms with Crippen molar-refractivity contribution in [1.29, 1.82) is 0 Å². The molecule has 0 amide bonds. The van der Waals surface area contributed by atoms with Gasteiger partial charge in [-0.15, -0.1) is 0 Å². The molecule has 3 heteroatoms. The van der Waals surface area contributed by atoms with E-state index in [1.54, 1.807) is 0 Å². The number of hydrogen-bond donors (Lipinski definition) is 2. The number of fused-ring (bicyclic) bond motifs is 1. The maximum atomic E-state index is 3.15. The molecular weight excluding hydrogens is 162 g/mol. The van der Waals surface area contributed by atoms with Crippen LogP contribution in [0.2, 0.25) is 0 Å². The molecule has 2 N–H and O–H groups in total. The third kappa shape index (κ3) is 2.22. The average molecular weight is 183 g/mol. The lowest BCUT2D eigenvalue weighted by molar-refractivity contribution is 0.413. The van der Waals surface area contributed by atoms with Crippen LogP contribution in [0.15, 0.2) is 0 Å². The van der Waals surface area contributed by atoms with Crippen LogP contribution in [0.25, 0.3) is 0 Å². The first-order valence-corrected chi connectivity index (χ1v) is 5.59. The van der Waals surface area contributed by atoms with Crippen molar-refractivity contribution in [3.8, 4) is 0 Å². The van der Waals surface area contributed by atoms with Gasteiger partial charge in [0.2, 0.25) is 0 Å². The van der Waals surface area contributed by atoms with E-state index in [2.05, 4.69) is 15.8 Å². The second-order valence-corrected chi connectivity index (χ2v) is 4.19. The Morgan fingerprint density at radius 1 is 1.15 bits per heavy atom. The predicted octanol–water partition coefficient (Wildman–Crippen LogP) is 0.727. The summed E-state index contributed by atoms with van der Waals surface area (Å²) >= 11 is 0. The summed E-state index contributed by atoms with van der Waals surface area (Å²) in [6, 6.07) is 1.89. The second-order valence-electron chi connectivity index (χ2n) is 4.19. The van der Waals surface area contributed by atoms with Crippen molar-refractivity contribution in [3.63, 3.8) is 0 Å². The van der Waals surface area contributed by atoms with Crippen molar-refractivity contribution in [2.45, 2.75) is 44.2 Å². The fraction of sp³-hybridized carbons (Fsp3) is 1.00. The summed E-state index contributed by atoms with van der Waals surface area (Å²) in [5.74, 6) is 0. The monoisotopic (exact) mass is 183 g/mol. The van der Waals surface area contributed by atoms with Gasteiger partial charge >= 0.3 is 0 Å². The Morgan fingerprint density at radius 2 is 1.85 bits per heavy atom. The highest BCUT2D eigenvalue weighted by atomic mass is 15.4. The molecule has 2 unspecified atom stereocenters. The van der Waals surface area contributed by atoms with Crippen molar-refractivity contribution < 1.29 is 0 Å². The quantitative estimate of drug-likeness (QED) is 0.382. The van der Waals surface area contributed by atoms with Crippen LogP contribution in [0.1, 0.15) is 32.1 Å². The minimum Gasteiger partial charge on any atom is -0.293 e. The van der Waals surface area contributed by atoms with Crippen molar-refractivity contribution in [1.82, 2.24) is 15.8 Å². The number of hydrogen-bond acceptors (Lipinski definition) is 3. The number of hydrazine groups is 1. The molecule has 1 aliphatic carbocycles. The first kappa shape index (κ1) is 9.44. The van der Waals surface area contributed by atoms with E-state index in [1.165, 1.54) is 38.6 Å². The van der Waals surface area contributed by atoms with E-state index < -0.39 is 0 Å².